The molecule has 17 heavy (non-hydrogen) atoms. The largest absolute Gasteiger partial charge is 0.497 e. The first kappa shape index (κ1) is 13.8. The molecular formula is C14H24N2O. The average molecular weight is 236 g/mol. The fourth-order valence-corrected chi connectivity index (χ4v) is 1.51. The van der Waals surface area contributed by atoms with Crippen LogP contribution < -0.4 is 15.4 Å². The van der Waals surface area contributed by atoms with Gasteiger partial charge in [0.15, 0.2) is 0 Å². The number of anilines is 1. The van der Waals surface area contributed by atoms with Gasteiger partial charge in [0.25, 0.3) is 0 Å². The van der Waals surface area contributed by atoms with Crippen molar-refractivity contribution in [2.24, 2.45) is 11.1 Å². The second-order valence-electron chi connectivity index (χ2n) is 5.55. The molecule has 2 N–H and O–H groups in total. The Kier molecular flexibility index (Phi) is 4.40. The maximum atomic E-state index is 6.18. The van der Waals surface area contributed by atoms with Gasteiger partial charge in [0.2, 0.25) is 0 Å². The molecule has 1 rings (SSSR count). The fourth-order valence-electron chi connectivity index (χ4n) is 1.51. The van der Waals surface area contributed by atoms with Gasteiger partial charge in [-0.15, -0.1) is 0 Å². The van der Waals surface area contributed by atoms with Gasteiger partial charge < -0.3 is 15.4 Å². The van der Waals surface area contributed by atoms with Crippen molar-refractivity contribution < 1.29 is 4.74 Å². The maximum Gasteiger partial charge on any atom is 0.119 e. The summed E-state index contributed by atoms with van der Waals surface area (Å²) in [6.07, 6.45) is 0. The van der Waals surface area contributed by atoms with Gasteiger partial charge in [0.1, 0.15) is 5.75 Å². The molecule has 1 atom stereocenters. The van der Waals surface area contributed by atoms with Gasteiger partial charge in [0.05, 0.1) is 7.11 Å². The van der Waals surface area contributed by atoms with Gasteiger partial charge in [-0.3, -0.25) is 0 Å². The van der Waals surface area contributed by atoms with E-state index in [-0.39, 0.29) is 11.5 Å². The molecule has 0 aromatic heterocycles. The van der Waals surface area contributed by atoms with E-state index in [0.29, 0.717) is 0 Å². The third kappa shape index (κ3) is 3.93. The molecule has 3 heteroatoms. The van der Waals surface area contributed by atoms with Crippen molar-refractivity contribution in [3.63, 3.8) is 0 Å². The summed E-state index contributed by atoms with van der Waals surface area (Å²) in [6.45, 7) is 7.34. The molecular weight excluding hydrogens is 212 g/mol. The Morgan fingerprint density at radius 3 is 2.18 bits per heavy atom. The van der Waals surface area contributed by atoms with Crippen molar-refractivity contribution in [3.05, 3.63) is 24.3 Å². The predicted molar refractivity (Wildman–Crippen MR) is 73.7 cm³/mol. The summed E-state index contributed by atoms with van der Waals surface area (Å²) in [5, 5.41) is 0. The first-order valence-electron chi connectivity index (χ1n) is 5.95. The number of hydrogen-bond donors (Lipinski definition) is 1. The summed E-state index contributed by atoms with van der Waals surface area (Å²) in [6, 6.07) is 8.18. The van der Waals surface area contributed by atoms with Gasteiger partial charge >= 0.3 is 0 Å². The lowest BCUT2D eigenvalue weighted by Gasteiger charge is -2.32. The summed E-state index contributed by atoms with van der Waals surface area (Å²) in [4.78, 5) is 2.18. The molecule has 1 aromatic carbocycles. The Hall–Kier alpha value is -1.22. The van der Waals surface area contributed by atoms with Crippen LogP contribution in [0.1, 0.15) is 20.8 Å². The highest BCUT2D eigenvalue weighted by Crippen LogP contribution is 2.22. The molecule has 0 radical (unpaired) electrons. The molecule has 0 fully saturated rings. The zero-order valence-corrected chi connectivity index (χ0v) is 11.5. The third-order valence-electron chi connectivity index (χ3n) is 3.10. The summed E-state index contributed by atoms with van der Waals surface area (Å²) in [5.74, 6) is 0.877. The average Bonchev–Trinajstić information content (AvgIpc) is 2.27. The van der Waals surface area contributed by atoms with Crippen molar-refractivity contribution in [1.82, 2.24) is 0 Å². The Bertz CT molecular complexity index is 340. The normalized spacial score (nSPS) is 13.3. The molecule has 1 aromatic rings. The predicted octanol–water partition coefficient (Wildman–Crippen LogP) is 2.50. The van der Waals surface area contributed by atoms with Crippen LogP contribution in [-0.4, -0.2) is 26.7 Å². The van der Waals surface area contributed by atoms with Crippen molar-refractivity contribution in [1.29, 1.82) is 0 Å². The van der Waals surface area contributed by atoms with Gasteiger partial charge in [-0.05, 0) is 29.7 Å². The molecule has 0 spiro atoms. The van der Waals surface area contributed by atoms with Gasteiger partial charge in [-0.1, -0.05) is 20.8 Å². The Labute approximate surface area is 105 Å². The number of benzene rings is 1. The van der Waals surface area contributed by atoms with E-state index in [1.54, 1.807) is 7.11 Å². The zero-order chi connectivity index (χ0) is 13.1. The van der Waals surface area contributed by atoms with Crippen LogP contribution in [0.15, 0.2) is 24.3 Å². The van der Waals surface area contributed by atoms with E-state index in [0.717, 1.165) is 18.0 Å². The lowest BCUT2D eigenvalue weighted by atomic mass is 9.87. The van der Waals surface area contributed by atoms with E-state index in [2.05, 4.69) is 32.7 Å². The zero-order valence-electron chi connectivity index (χ0n) is 11.5. The number of hydrogen-bond acceptors (Lipinski definition) is 3. The number of rotatable bonds is 4. The van der Waals surface area contributed by atoms with Crippen molar-refractivity contribution in [2.45, 2.75) is 26.8 Å². The molecule has 0 heterocycles. The van der Waals surface area contributed by atoms with E-state index in [1.165, 1.54) is 0 Å². The lowest BCUT2D eigenvalue weighted by Crippen LogP contribution is -2.44. The highest BCUT2D eigenvalue weighted by Gasteiger charge is 2.21. The summed E-state index contributed by atoms with van der Waals surface area (Å²) < 4.78 is 5.14. The Morgan fingerprint density at radius 2 is 1.76 bits per heavy atom. The fraction of sp³-hybridized carbons (Fsp3) is 0.571. The second-order valence-corrected chi connectivity index (χ2v) is 5.55. The Morgan fingerprint density at radius 1 is 1.24 bits per heavy atom. The molecule has 1 unspecified atom stereocenters. The van der Waals surface area contributed by atoms with Crippen LogP contribution in [0.5, 0.6) is 5.75 Å². The number of nitrogens with zero attached hydrogens (tertiary/aromatic N) is 1. The SMILES string of the molecule is COc1ccc(N(C)CC(N)C(C)(C)C)cc1. The summed E-state index contributed by atoms with van der Waals surface area (Å²) in [5.41, 5.74) is 7.46. The smallest absolute Gasteiger partial charge is 0.119 e. The number of likely N-dealkylation sites (N-methyl/N-ethyl adjacent to an activating group) is 1. The van der Waals surface area contributed by atoms with Gasteiger partial charge in [-0.2, -0.15) is 0 Å². The van der Waals surface area contributed by atoms with Crippen molar-refractivity contribution in [3.8, 4) is 5.75 Å². The first-order chi connectivity index (χ1) is 7.84. The van der Waals surface area contributed by atoms with Gasteiger partial charge in [-0.25, -0.2) is 0 Å². The molecule has 0 amide bonds. The second kappa shape index (κ2) is 5.41. The molecule has 0 aliphatic carbocycles. The van der Waals surface area contributed by atoms with Crippen LogP contribution in [0.4, 0.5) is 5.69 Å². The van der Waals surface area contributed by atoms with Crippen LogP contribution in [0.3, 0.4) is 0 Å². The first-order valence-corrected chi connectivity index (χ1v) is 5.95. The standard InChI is InChI=1S/C14H24N2O/c1-14(2,3)13(15)10-16(4)11-6-8-12(17-5)9-7-11/h6-9,13H,10,15H2,1-5H3. The summed E-state index contributed by atoms with van der Waals surface area (Å²) >= 11 is 0. The highest BCUT2D eigenvalue weighted by molar-refractivity contribution is 5.48. The van der Waals surface area contributed by atoms with Crippen LogP contribution in [0, 0.1) is 5.41 Å². The van der Waals surface area contributed by atoms with E-state index in [9.17, 15) is 0 Å². The number of nitrogens with two attached hydrogens (primary N) is 1. The number of ether oxygens (including phenoxy) is 1. The van der Waals surface area contributed by atoms with Gasteiger partial charge in [0, 0.05) is 25.3 Å². The maximum absolute atomic E-state index is 6.18. The van der Waals surface area contributed by atoms with Crippen molar-refractivity contribution in [2.75, 3.05) is 25.6 Å². The topological polar surface area (TPSA) is 38.5 Å². The summed E-state index contributed by atoms with van der Waals surface area (Å²) in [7, 11) is 3.74. The molecule has 3 nitrogen and oxygen atoms in total. The minimum Gasteiger partial charge on any atom is -0.497 e. The minimum absolute atomic E-state index is 0.126. The quantitative estimate of drug-likeness (QED) is 0.873. The minimum atomic E-state index is 0.126. The molecule has 0 saturated carbocycles. The highest BCUT2D eigenvalue weighted by atomic mass is 16.5. The van der Waals surface area contributed by atoms with Crippen LogP contribution in [0.2, 0.25) is 0 Å². The third-order valence-corrected chi connectivity index (χ3v) is 3.10. The van der Waals surface area contributed by atoms with E-state index >= 15 is 0 Å². The van der Waals surface area contributed by atoms with Crippen LogP contribution in [0.25, 0.3) is 0 Å². The molecule has 0 saturated heterocycles. The van der Waals surface area contributed by atoms with Crippen molar-refractivity contribution >= 4 is 5.69 Å². The molecule has 0 aliphatic heterocycles. The van der Waals surface area contributed by atoms with E-state index in [1.807, 2.05) is 24.3 Å². The number of methoxy groups -OCH3 is 1. The monoisotopic (exact) mass is 236 g/mol. The molecule has 96 valence electrons. The Balaban J connectivity index is 2.66. The molecule has 0 bridgehead atoms. The van der Waals surface area contributed by atoms with Crippen LogP contribution in [-0.2, 0) is 0 Å². The van der Waals surface area contributed by atoms with E-state index in [4.69, 9.17) is 10.5 Å². The molecule has 0 aliphatic rings. The lowest BCUT2D eigenvalue weighted by molar-refractivity contribution is 0.323. The van der Waals surface area contributed by atoms with Crippen LogP contribution >= 0.6 is 0 Å². The van der Waals surface area contributed by atoms with E-state index < -0.39 is 0 Å².